The van der Waals surface area contributed by atoms with Crippen molar-refractivity contribution in [3.05, 3.63) is 41.7 Å². The molecule has 4 heterocycles. The largest absolute Gasteiger partial charge is 0.379 e. The van der Waals surface area contributed by atoms with Crippen LogP contribution in [0.15, 0.2) is 29.2 Å². The van der Waals surface area contributed by atoms with Gasteiger partial charge in [-0.25, -0.2) is 4.52 Å². The molecule has 8 heteroatoms. The zero-order chi connectivity index (χ0) is 17.6. The minimum atomic E-state index is -0.0196. The maximum atomic E-state index is 13.0. The van der Waals surface area contributed by atoms with Gasteiger partial charge < -0.3 is 18.7 Å². The van der Waals surface area contributed by atoms with E-state index in [0.29, 0.717) is 25.1 Å². The molecule has 0 saturated carbocycles. The van der Waals surface area contributed by atoms with Gasteiger partial charge in [0.25, 0.3) is 5.91 Å². The van der Waals surface area contributed by atoms with Gasteiger partial charge in [-0.3, -0.25) is 4.79 Å². The summed E-state index contributed by atoms with van der Waals surface area (Å²) in [6.07, 6.45) is 6.04. The highest BCUT2D eigenvalue weighted by molar-refractivity contribution is 6.00. The van der Waals surface area contributed by atoms with Crippen molar-refractivity contribution in [3.8, 4) is 0 Å². The lowest BCUT2D eigenvalue weighted by Crippen LogP contribution is -2.30. The molecule has 0 radical (unpaired) electrons. The van der Waals surface area contributed by atoms with Crippen molar-refractivity contribution in [1.82, 2.24) is 24.2 Å². The van der Waals surface area contributed by atoms with Gasteiger partial charge in [0.05, 0.1) is 18.0 Å². The van der Waals surface area contributed by atoms with E-state index in [1.165, 1.54) is 0 Å². The van der Waals surface area contributed by atoms with Gasteiger partial charge in [-0.05, 0) is 6.92 Å². The lowest BCUT2D eigenvalue weighted by molar-refractivity contribution is 0.0673. The molecule has 132 valence electrons. The van der Waals surface area contributed by atoms with Crippen molar-refractivity contribution >= 4 is 11.6 Å². The van der Waals surface area contributed by atoms with Crippen molar-refractivity contribution in [3.63, 3.8) is 0 Å². The van der Waals surface area contributed by atoms with Crippen molar-refractivity contribution in [2.45, 2.75) is 19.4 Å². The molecule has 3 aromatic rings. The smallest absolute Gasteiger partial charge is 0.259 e. The summed E-state index contributed by atoms with van der Waals surface area (Å²) in [6, 6.07) is 1.93. The molecule has 0 bridgehead atoms. The standard InChI is InChI=1S/C17H21N5O3/c1-11-6-13(25-19-11)7-12-9-21(10-15(12)24-3)17(23)14-8-18-22-5-4-20(2)16(14)22/h4-6,8,12,15H,7,9-10H2,1-3H3/t12-,15+/m1/s1. The topological polar surface area (TPSA) is 77.8 Å². The summed E-state index contributed by atoms with van der Waals surface area (Å²) in [5.41, 5.74) is 2.27. The number of carbonyl (C=O) groups is 1. The van der Waals surface area contributed by atoms with E-state index in [2.05, 4.69) is 10.3 Å². The van der Waals surface area contributed by atoms with Gasteiger partial charge in [0.2, 0.25) is 0 Å². The fourth-order valence-corrected chi connectivity index (χ4v) is 3.61. The van der Waals surface area contributed by atoms with Crippen molar-refractivity contribution < 1.29 is 14.1 Å². The molecule has 2 atom stereocenters. The average Bonchev–Trinajstić information content (AvgIpc) is 3.34. The molecule has 1 fully saturated rings. The zero-order valence-electron chi connectivity index (χ0n) is 14.5. The number of imidazole rings is 1. The number of hydrogen-bond acceptors (Lipinski definition) is 5. The molecule has 1 aliphatic rings. The predicted octanol–water partition coefficient (Wildman–Crippen LogP) is 1.30. The highest BCUT2D eigenvalue weighted by Crippen LogP contribution is 2.26. The molecule has 8 nitrogen and oxygen atoms in total. The number of methoxy groups -OCH3 is 1. The first kappa shape index (κ1) is 15.9. The minimum absolute atomic E-state index is 0.0184. The summed E-state index contributed by atoms with van der Waals surface area (Å²) in [5.74, 6) is 0.991. The van der Waals surface area contributed by atoms with Gasteiger partial charge in [-0.1, -0.05) is 5.16 Å². The van der Waals surface area contributed by atoms with E-state index in [1.54, 1.807) is 17.8 Å². The first-order valence-electron chi connectivity index (χ1n) is 8.29. The normalized spacial score (nSPS) is 20.7. The summed E-state index contributed by atoms with van der Waals surface area (Å²) >= 11 is 0. The number of aromatic nitrogens is 4. The fraction of sp³-hybridized carbons (Fsp3) is 0.471. The van der Waals surface area contributed by atoms with Crippen molar-refractivity contribution in [1.29, 1.82) is 0 Å². The molecule has 0 aromatic carbocycles. The molecule has 1 amide bonds. The van der Waals surface area contributed by atoms with E-state index in [1.807, 2.05) is 41.9 Å². The molecule has 3 aromatic heterocycles. The quantitative estimate of drug-likeness (QED) is 0.713. The molecule has 25 heavy (non-hydrogen) atoms. The van der Waals surface area contributed by atoms with Crippen LogP contribution in [0, 0.1) is 12.8 Å². The molecular formula is C17H21N5O3. The number of amides is 1. The molecule has 4 rings (SSSR count). The average molecular weight is 343 g/mol. The van der Waals surface area contributed by atoms with E-state index in [9.17, 15) is 4.79 Å². The van der Waals surface area contributed by atoms with E-state index < -0.39 is 0 Å². The molecule has 0 unspecified atom stereocenters. The lowest BCUT2D eigenvalue weighted by Gasteiger charge is -2.15. The van der Waals surface area contributed by atoms with Crippen LogP contribution in [0.3, 0.4) is 0 Å². The van der Waals surface area contributed by atoms with Gasteiger partial charge in [0, 0.05) is 58.0 Å². The Labute approximate surface area is 144 Å². The summed E-state index contributed by atoms with van der Waals surface area (Å²) in [4.78, 5) is 14.8. The van der Waals surface area contributed by atoms with Gasteiger partial charge in [-0.15, -0.1) is 0 Å². The minimum Gasteiger partial charge on any atom is -0.379 e. The third-order valence-corrected chi connectivity index (χ3v) is 4.88. The Kier molecular flexibility index (Phi) is 3.84. The molecule has 1 aliphatic heterocycles. The SMILES string of the molecule is CO[C@H]1CN(C(=O)c2cnn3ccn(C)c23)C[C@H]1Cc1cc(C)no1. The van der Waals surface area contributed by atoms with Crippen molar-refractivity contribution in [2.24, 2.45) is 13.0 Å². The Morgan fingerprint density at radius 3 is 2.96 bits per heavy atom. The number of hydrogen-bond donors (Lipinski definition) is 0. The second-order valence-electron chi connectivity index (χ2n) is 6.62. The maximum Gasteiger partial charge on any atom is 0.259 e. The molecule has 1 saturated heterocycles. The van der Waals surface area contributed by atoms with Crippen LogP contribution in [0.2, 0.25) is 0 Å². The fourth-order valence-electron chi connectivity index (χ4n) is 3.61. The third-order valence-electron chi connectivity index (χ3n) is 4.88. The summed E-state index contributed by atoms with van der Waals surface area (Å²) < 4.78 is 14.6. The van der Waals surface area contributed by atoms with Gasteiger partial charge in [0.1, 0.15) is 17.0 Å². The molecule has 0 N–H and O–H groups in total. The Hall–Kier alpha value is -2.61. The first-order valence-corrected chi connectivity index (χ1v) is 8.29. The number of ether oxygens (including phenoxy) is 1. The summed E-state index contributed by atoms with van der Waals surface area (Å²) in [7, 11) is 3.59. The van der Waals surface area contributed by atoms with Gasteiger partial charge in [-0.2, -0.15) is 5.10 Å². The van der Waals surface area contributed by atoms with E-state index >= 15 is 0 Å². The van der Waals surface area contributed by atoms with Crippen LogP contribution in [-0.4, -0.2) is 56.4 Å². The lowest BCUT2D eigenvalue weighted by atomic mass is 10.0. The second kappa shape index (κ2) is 6.03. The molecule has 0 aliphatic carbocycles. The Bertz CT molecular complexity index is 909. The predicted molar refractivity (Wildman–Crippen MR) is 89.3 cm³/mol. The number of nitrogens with zero attached hydrogens (tertiary/aromatic N) is 5. The van der Waals surface area contributed by atoms with E-state index in [-0.39, 0.29) is 17.9 Å². The van der Waals surface area contributed by atoms with Crippen LogP contribution >= 0.6 is 0 Å². The van der Waals surface area contributed by atoms with Crippen LogP contribution < -0.4 is 0 Å². The number of carbonyl (C=O) groups excluding carboxylic acids is 1. The van der Waals surface area contributed by atoms with E-state index in [4.69, 9.17) is 9.26 Å². The number of aryl methyl sites for hydroxylation is 2. The van der Waals surface area contributed by atoms with Crippen LogP contribution in [-0.2, 0) is 18.2 Å². The van der Waals surface area contributed by atoms with Crippen LogP contribution in [0.1, 0.15) is 21.8 Å². The third kappa shape index (κ3) is 2.72. The molecular weight excluding hydrogens is 322 g/mol. The van der Waals surface area contributed by atoms with E-state index in [0.717, 1.165) is 17.1 Å². The number of rotatable bonds is 4. The number of fused-ring (bicyclic) bond motifs is 1. The van der Waals surface area contributed by atoms with Crippen LogP contribution in [0.5, 0.6) is 0 Å². The van der Waals surface area contributed by atoms with Crippen LogP contribution in [0.25, 0.3) is 5.65 Å². The highest BCUT2D eigenvalue weighted by Gasteiger charge is 2.37. The molecule has 0 spiro atoms. The van der Waals surface area contributed by atoms with Gasteiger partial charge >= 0.3 is 0 Å². The Morgan fingerprint density at radius 2 is 2.24 bits per heavy atom. The number of likely N-dealkylation sites (tertiary alicyclic amines) is 1. The summed E-state index contributed by atoms with van der Waals surface area (Å²) in [6.45, 7) is 3.09. The highest BCUT2D eigenvalue weighted by atomic mass is 16.5. The second-order valence-corrected chi connectivity index (χ2v) is 6.62. The Morgan fingerprint density at radius 1 is 1.40 bits per heavy atom. The van der Waals surface area contributed by atoms with Crippen LogP contribution in [0.4, 0.5) is 0 Å². The Balaban J connectivity index is 1.54. The monoisotopic (exact) mass is 343 g/mol. The zero-order valence-corrected chi connectivity index (χ0v) is 14.5. The first-order chi connectivity index (χ1) is 12.1. The summed E-state index contributed by atoms with van der Waals surface area (Å²) in [5, 5.41) is 8.19. The maximum absolute atomic E-state index is 13.0. The van der Waals surface area contributed by atoms with Crippen molar-refractivity contribution in [2.75, 3.05) is 20.2 Å². The van der Waals surface area contributed by atoms with Gasteiger partial charge in [0.15, 0.2) is 0 Å².